The predicted molar refractivity (Wildman–Crippen MR) is 133 cm³/mol. The second kappa shape index (κ2) is 17.9. The molecule has 0 N–H and O–H groups in total. The Morgan fingerprint density at radius 3 is 1.19 bits per heavy atom. The van der Waals surface area contributed by atoms with Crippen molar-refractivity contribution in [1.29, 1.82) is 10.5 Å². The molecule has 0 radical (unpaired) electrons. The fraction of sp³-hybridized carbons (Fsp3) is 0.692. The van der Waals surface area contributed by atoms with Gasteiger partial charge < -0.3 is 9.47 Å². The minimum absolute atomic E-state index is 0.382. The Balaban J connectivity index is 2.72. The van der Waals surface area contributed by atoms with Gasteiger partial charge in [0.05, 0.1) is 24.3 Å². The van der Waals surface area contributed by atoms with Crippen molar-refractivity contribution in [1.82, 2.24) is 0 Å². The molecule has 1 aromatic rings. The lowest BCUT2D eigenvalue weighted by Gasteiger charge is -2.19. The lowest BCUT2D eigenvalue weighted by molar-refractivity contribution is 0.255. The first-order valence-electron chi connectivity index (χ1n) is 12.0. The van der Waals surface area contributed by atoms with Crippen LogP contribution in [0.1, 0.15) is 99.3 Å². The van der Waals surface area contributed by atoms with Crippen LogP contribution in [-0.4, -0.2) is 25.0 Å². The van der Waals surface area contributed by atoms with Gasteiger partial charge in [-0.15, -0.1) is 23.2 Å². The lowest BCUT2D eigenvalue weighted by Crippen LogP contribution is -2.08. The molecule has 4 nitrogen and oxygen atoms in total. The van der Waals surface area contributed by atoms with E-state index in [1.165, 1.54) is 38.5 Å². The molecular formula is C26H38Cl2N2O2. The normalized spacial score (nSPS) is 10.6. The molecule has 32 heavy (non-hydrogen) atoms. The van der Waals surface area contributed by atoms with Crippen molar-refractivity contribution in [2.75, 3.05) is 25.0 Å². The highest BCUT2D eigenvalue weighted by Crippen LogP contribution is 2.39. The summed E-state index contributed by atoms with van der Waals surface area (Å²) < 4.78 is 12.2. The second-order valence-corrected chi connectivity index (χ2v) is 8.96. The molecule has 0 unspecified atom stereocenters. The van der Waals surface area contributed by atoms with Crippen LogP contribution in [0, 0.1) is 36.5 Å². The van der Waals surface area contributed by atoms with Crippen LogP contribution in [-0.2, 0) is 0 Å². The molecule has 0 saturated heterocycles. The average molecular weight is 482 g/mol. The molecule has 0 aliphatic heterocycles. The Bertz CT molecular complexity index is 691. The minimum atomic E-state index is 0.382. The molecule has 0 aliphatic carbocycles. The van der Waals surface area contributed by atoms with Crippen LogP contribution in [0.2, 0.25) is 0 Å². The van der Waals surface area contributed by atoms with E-state index in [9.17, 15) is 10.5 Å². The molecule has 0 aromatic heterocycles. The van der Waals surface area contributed by atoms with Crippen LogP contribution in [0.15, 0.2) is 0 Å². The first-order valence-corrected chi connectivity index (χ1v) is 13.0. The summed E-state index contributed by atoms with van der Waals surface area (Å²) in [6, 6.07) is 4.35. The highest BCUT2D eigenvalue weighted by atomic mass is 35.5. The number of nitriles is 2. The van der Waals surface area contributed by atoms with Gasteiger partial charge in [-0.05, 0) is 39.5 Å². The molecular weight excluding hydrogens is 443 g/mol. The van der Waals surface area contributed by atoms with Crippen molar-refractivity contribution < 1.29 is 9.47 Å². The molecule has 0 atom stereocenters. The summed E-state index contributed by atoms with van der Waals surface area (Å²) in [5.41, 5.74) is 2.14. The summed E-state index contributed by atoms with van der Waals surface area (Å²) in [4.78, 5) is 0. The van der Waals surface area contributed by atoms with Crippen LogP contribution in [0.4, 0.5) is 0 Å². The molecule has 0 amide bonds. The lowest BCUT2D eigenvalue weighted by atomic mass is 9.96. The number of alkyl halides is 2. The van der Waals surface area contributed by atoms with E-state index in [-0.39, 0.29) is 0 Å². The van der Waals surface area contributed by atoms with Gasteiger partial charge in [0, 0.05) is 22.9 Å². The van der Waals surface area contributed by atoms with Crippen molar-refractivity contribution in [3.8, 4) is 23.6 Å². The smallest absolute Gasteiger partial charge is 0.165 e. The van der Waals surface area contributed by atoms with E-state index in [0.717, 1.165) is 50.3 Å². The quantitative estimate of drug-likeness (QED) is 0.158. The summed E-state index contributed by atoms with van der Waals surface area (Å²) in [7, 11) is 0. The van der Waals surface area contributed by atoms with E-state index < -0.39 is 0 Å². The van der Waals surface area contributed by atoms with Crippen molar-refractivity contribution in [2.24, 2.45) is 0 Å². The van der Waals surface area contributed by atoms with E-state index in [1.807, 2.05) is 13.8 Å². The Kier molecular flexibility index (Phi) is 15.9. The number of ether oxygens (including phenoxy) is 2. The van der Waals surface area contributed by atoms with Crippen molar-refractivity contribution in [3.63, 3.8) is 0 Å². The van der Waals surface area contributed by atoms with Gasteiger partial charge in [0.25, 0.3) is 0 Å². The summed E-state index contributed by atoms with van der Waals surface area (Å²) in [6.07, 6.45) is 13.3. The molecule has 0 fully saturated rings. The number of unbranched alkanes of at least 4 members (excludes halogenated alkanes) is 10. The Morgan fingerprint density at radius 2 is 0.875 bits per heavy atom. The Morgan fingerprint density at radius 1 is 0.562 bits per heavy atom. The van der Waals surface area contributed by atoms with Gasteiger partial charge in [0.1, 0.15) is 12.1 Å². The maximum Gasteiger partial charge on any atom is 0.165 e. The van der Waals surface area contributed by atoms with Crippen LogP contribution >= 0.6 is 23.2 Å². The second-order valence-electron chi connectivity index (χ2n) is 8.20. The molecule has 0 heterocycles. The average Bonchev–Trinajstić information content (AvgIpc) is 2.80. The number of hydrogen-bond donors (Lipinski definition) is 0. The highest BCUT2D eigenvalue weighted by molar-refractivity contribution is 6.18. The van der Waals surface area contributed by atoms with Gasteiger partial charge in [-0.1, -0.05) is 51.4 Å². The zero-order chi connectivity index (χ0) is 23.6. The number of hydrogen-bond acceptors (Lipinski definition) is 4. The molecule has 6 heteroatoms. The molecule has 0 saturated carbocycles. The van der Waals surface area contributed by atoms with Gasteiger partial charge >= 0.3 is 0 Å². The fourth-order valence-electron chi connectivity index (χ4n) is 3.73. The first-order chi connectivity index (χ1) is 15.6. The third-order valence-corrected chi connectivity index (χ3v) is 6.19. The largest absolute Gasteiger partial charge is 0.489 e. The van der Waals surface area contributed by atoms with Gasteiger partial charge in [-0.3, -0.25) is 0 Å². The monoisotopic (exact) mass is 480 g/mol. The maximum absolute atomic E-state index is 9.60. The van der Waals surface area contributed by atoms with Gasteiger partial charge in [0.15, 0.2) is 11.5 Å². The summed E-state index contributed by atoms with van der Waals surface area (Å²) >= 11 is 11.4. The van der Waals surface area contributed by atoms with Crippen LogP contribution in [0.25, 0.3) is 0 Å². The van der Waals surface area contributed by atoms with E-state index >= 15 is 0 Å². The van der Waals surface area contributed by atoms with E-state index in [1.54, 1.807) is 0 Å². The van der Waals surface area contributed by atoms with Crippen LogP contribution in [0.5, 0.6) is 11.5 Å². The standard InChI is InChI=1S/C26H38Cl2N2O2/c1-21-23(19-29)24(20-30)22(2)26(32-18-14-10-6-4-8-12-16-28)25(21)31-17-13-9-5-3-7-11-15-27/h3-18H2,1-2H3. The van der Waals surface area contributed by atoms with E-state index in [2.05, 4.69) is 12.1 Å². The Hall–Kier alpha value is -1.62. The van der Waals surface area contributed by atoms with E-state index in [4.69, 9.17) is 32.7 Å². The SMILES string of the molecule is Cc1c(C#N)c(C#N)c(C)c(OCCCCCCCCCl)c1OCCCCCCCCCl. The molecule has 0 bridgehead atoms. The molecule has 0 spiro atoms. The molecule has 1 aromatic carbocycles. The van der Waals surface area contributed by atoms with Crippen LogP contribution < -0.4 is 9.47 Å². The van der Waals surface area contributed by atoms with Gasteiger partial charge in [-0.25, -0.2) is 0 Å². The van der Waals surface area contributed by atoms with Crippen molar-refractivity contribution in [2.45, 2.75) is 90.9 Å². The topological polar surface area (TPSA) is 66.0 Å². The summed E-state index contributed by atoms with van der Waals surface area (Å²) in [5.74, 6) is 2.70. The third kappa shape index (κ3) is 9.89. The van der Waals surface area contributed by atoms with Crippen LogP contribution in [0.3, 0.4) is 0 Å². The number of benzene rings is 1. The Labute approximate surface area is 204 Å². The molecule has 1 rings (SSSR count). The number of nitrogens with zero attached hydrogens (tertiary/aromatic N) is 2. The molecule has 178 valence electrons. The fourth-order valence-corrected chi connectivity index (χ4v) is 4.10. The van der Waals surface area contributed by atoms with Crippen molar-refractivity contribution >= 4 is 23.2 Å². The number of halogens is 2. The third-order valence-electron chi connectivity index (χ3n) is 5.66. The zero-order valence-corrected chi connectivity index (χ0v) is 21.3. The maximum atomic E-state index is 9.60. The highest BCUT2D eigenvalue weighted by Gasteiger charge is 2.22. The zero-order valence-electron chi connectivity index (χ0n) is 19.8. The predicted octanol–water partition coefficient (Wildman–Crippen LogP) is 7.96. The first kappa shape index (κ1) is 28.4. The van der Waals surface area contributed by atoms with Gasteiger partial charge in [0.2, 0.25) is 0 Å². The number of rotatable bonds is 18. The minimum Gasteiger partial charge on any atom is -0.489 e. The summed E-state index contributed by atoms with van der Waals surface area (Å²) in [6.45, 7) is 4.82. The molecule has 0 aliphatic rings. The summed E-state index contributed by atoms with van der Waals surface area (Å²) in [5, 5.41) is 19.2. The van der Waals surface area contributed by atoms with Gasteiger partial charge in [-0.2, -0.15) is 10.5 Å². The van der Waals surface area contributed by atoms with Crippen molar-refractivity contribution in [3.05, 3.63) is 22.3 Å². The van der Waals surface area contributed by atoms with E-state index in [0.29, 0.717) is 47.0 Å².